The van der Waals surface area contributed by atoms with E-state index in [1.807, 2.05) is 13.2 Å². The van der Waals surface area contributed by atoms with Gasteiger partial charge in [-0.25, -0.2) is 0 Å². The van der Waals surface area contributed by atoms with E-state index in [1.165, 1.54) is 0 Å². The molecule has 86 valence electrons. The Morgan fingerprint density at radius 1 is 1.67 bits per heavy atom. The molecule has 0 saturated carbocycles. The summed E-state index contributed by atoms with van der Waals surface area (Å²) in [4.78, 5) is 0. The van der Waals surface area contributed by atoms with E-state index < -0.39 is 5.54 Å². The van der Waals surface area contributed by atoms with Crippen molar-refractivity contribution < 1.29 is 9.84 Å². The van der Waals surface area contributed by atoms with E-state index in [-0.39, 0.29) is 6.61 Å². The molecule has 0 aliphatic carbocycles. The number of likely N-dealkylation sites (N-methyl/N-ethyl adjacent to an activating group) is 1. The quantitative estimate of drug-likeness (QED) is 0.632. The Bertz CT molecular complexity index is 296. The Morgan fingerprint density at radius 2 is 2.40 bits per heavy atom. The standard InChI is InChI=1S/C9H18N4O2/c1-10-9(6-14,7-15-3)4-8-5-13(2)12-11-8/h5,10,14H,4,6-7H2,1-3H3. The number of aliphatic hydroxyl groups is 1. The molecule has 0 fully saturated rings. The highest BCUT2D eigenvalue weighted by atomic mass is 16.5. The van der Waals surface area contributed by atoms with Crippen LogP contribution in [0.2, 0.25) is 0 Å². The van der Waals surface area contributed by atoms with Gasteiger partial charge in [0.2, 0.25) is 0 Å². The molecule has 1 aromatic rings. The third-order valence-electron chi connectivity index (χ3n) is 2.42. The zero-order chi connectivity index (χ0) is 11.3. The van der Waals surface area contributed by atoms with E-state index >= 15 is 0 Å². The molecule has 0 saturated heterocycles. The van der Waals surface area contributed by atoms with Crippen molar-refractivity contribution in [3.05, 3.63) is 11.9 Å². The monoisotopic (exact) mass is 214 g/mol. The summed E-state index contributed by atoms with van der Waals surface area (Å²) in [6.07, 6.45) is 2.42. The largest absolute Gasteiger partial charge is 0.394 e. The molecule has 1 aromatic heterocycles. The van der Waals surface area contributed by atoms with Crippen molar-refractivity contribution in [2.75, 3.05) is 27.4 Å². The van der Waals surface area contributed by atoms with Crippen LogP contribution in [0.5, 0.6) is 0 Å². The predicted molar refractivity (Wildman–Crippen MR) is 55.5 cm³/mol. The van der Waals surface area contributed by atoms with E-state index in [0.29, 0.717) is 13.0 Å². The highest BCUT2D eigenvalue weighted by Gasteiger charge is 2.28. The number of aliphatic hydroxyl groups excluding tert-OH is 1. The van der Waals surface area contributed by atoms with Crippen molar-refractivity contribution >= 4 is 0 Å². The molecular formula is C9H18N4O2. The first kappa shape index (κ1) is 12.1. The minimum atomic E-state index is -0.481. The van der Waals surface area contributed by atoms with Gasteiger partial charge in [-0.2, -0.15) is 0 Å². The molecular weight excluding hydrogens is 196 g/mol. The fraction of sp³-hybridized carbons (Fsp3) is 0.778. The molecule has 0 aromatic carbocycles. The van der Waals surface area contributed by atoms with E-state index in [4.69, 9.17) is 4.74 Å². The molecule has 1 unspecified atom stereocenters. The molecule has 0 bridgehead atoms. The van der Waals surface area contributed by atoms with E-state index in [1.54, 1.807) is 18.8 Å². The van der Waals surface area contributed by atoms with Gasteiger partial charge < -0.3 is 15.2 Å². The highest BCUT2D eigenvalue weighted by molar-refractivity contribution is 5.02. The van der Waals surface area contributed by atoms with Crippen LogP contribution in [0.3, 0.4) is 0 Å². The summed E-state index contributed by atoms with van der Waals surface area (Å²) in [6, 6.07) is 0. The molecule has 0 radical (unpaired) electrons. The van der Waals surface area contributed by atoms with E-state index in [2.05, 4.69) is 15.6 Å². The Hall–Kier alpha value is -0.980. The average Bonchev–Trinajstić information content (AvgIpc) is 2.63. The molecule has 0 aliphatic rings. The zero-order valence-corrected chi connectivity index (χ0v) is 9.40. The fourth-order valence-corrected chi connectivity index (χ4v) is 1.49. The van der Waals surface area contributed by atoms with Gasteiger partial charge in [-0.3, -0.25) is 4.68 Å². The van der Waals surface area contributed by atoms with Crippen LogP contribution in [-0.4, -0.2) is 53.0 Å². The first-order valence-corrected chi connectivity index (χ1v) is 4.80. The van der Waals surface area contributed by atoms with Crippen molar-refractivity contribution in [1.82, 2.24) is 20.3 Å². The van der Waals surface area contributed by atoms with Gasteiger partial charge in [0.25, 0.3) is 0 Å². The summed E-state index contributed by atoms with van der Waals surface area (Å²) in [5.74, 6) is 0. The minimum absolute atomic E-state index is 0.00604. The molecule has 15 heavy (non-hydrogen) atoms. The van der Waals surface area contributed by atoms with Crippen molar-refractivity contribution in [2.24, 2.45) is 7.05 Å². The second-order valence-electron chi connectivity index (χ2n) is 3.68. The number of methoxy groups -OCH3 is 1. The number of hydrogen-bond donors (Lipinski definition) is 2. The molecule has 2 N–H and O–H groups in total. The maximum atomic E-state index is 9.38. The molecule has 1 rings (SSSR count). The van der Waals surface area contributed by atoms with Gasteiger partial charge in [-0.05, 0) is 7.05 Å². The number of aromatic nitrogens is 3. The number of aryl methyl sites for hydroxylation is 1. The zero-order valence-electron chi connectivity index (χ0n) is 9.40. The van der Waals surface area contributed by atoms with Crippen LogP contribution in [-0.2, 0) is 18.2 Å². The number of rotatable bonds is 6. The SMILES string of the molecule is CNC(CO)(COC)Cc1cn(C)nn1. The van der Waals surface area contributed by atoms with Crippen molar-refractivity contribution in [3.8, 4) is 0 Å². The Kier molecular flexibility index (Phi) is 4.19. The summed E-state index contributed by atoms with van der Waals surface area (Å²) in [7, 11) is 5.22. The summed E-state index contributed by atoms with van der Waals surface area (Å²) >= 11 is 0. The fourth-order valence-electron chi connectivity index (χ4n) is 1.49. The van der Waals surface area contributed by atoms with Crippen LogP contribution < -0.4 is 5.32 Å². The van der Waals surface area contributed by atoms with Gasteiger partial charge in [0.05, 0.1) is 24.4 Å². The first-order valence-electron chi connectivity index (χ1n) is 4.80. The van der Waals surface area contributed by atoms with Crippen molar-refractivity contribution in [2.45, 2.75) is 12.0 Å². The molecule has 0 aliphatic heterocycles. The van der Waals surface area contributed by atoms with Crippen LogP contribution in [0.15, 0.2) is 6.20 Å². The lowest BCUT2D eigenvalue weighted by Crippen LogP contribution is -2.52. The normalized spacial score (nSPS) is 15.2. The van der Waals surface area contributed by atoms with Crippen molar-refractivity contribution in [1.29, 1.82) is 0 Å². The van der Waals surface area contributed by atoms with E-state index in [0.717, 1.165) is 5.69 Å². The second-order valence-corrected chi connectivity index (χ2v) is 3.68. The Balaban J connectivity index is 2.73. The Labute approximate surface area is 89.2 Å². The van der Waals surface area contributed by atoms with E-state index in [9.17, 15) is 5.11 Å². The van der Waals surface area contributed by atoms with Gasteiger partial charge in [-0.15, -0.1) is 5.10 Å². The van der Waals surface area contributed by atoms with Gasteiger partial charge in [0.15, 0.2) is 0 Å². The number of hydrogen-bond acceptors (Lipinski definition) is 5. The van der Waals surface area contributed by atoms with Crippen LogP contribution in [0.4, 0.5) is 0 Å². The summed E-state index contributed by atoms with van der Waals surface area (Å²) in [5, 5.41) is 20.3. The third-order valence-corrected chi connectivity index (χ3v) is 2.42. The Morgan fingerprint density at radius 3 is 2.80 bits per heavy atom. The summed E-state index contributed by atoms with van der Waals surface area (Å²) in [6.45, 7) is 0.421. The summed E-state index contributed by atoms with van der Waals surface area (Å²) in [5.41, 5.74) is 0.350. The summed E-state index contributed by atoms with van der Waals surface area (Å²) < 4.78 is 6.73. The van der Waals surface area contributed by atoms with Crippen LogP contribution in [0, 0.1) is 0 Å². The van der Waals surface area contributed by atoms with Gasteiger partial charge in [0, 0.05) is 26.8 Å². The third kappa shape index (κ3) is 2.98. The lowest BCUT2D eigenvalue weighted by atomic mass is 9.96. The lowest BCUT2D eigenvalue weighted by molar-refractivity contribution is 0.0666. The number of nitrogens with one attached hydrogen (secondary N) is 1. The maximum absolute atomic E-state index is 9.38. The molecule has 1 atom stereocenters. The van der Waals surface area contributed by atoms with Gasteiger partial charge in [0.1, 0.15) is 0 Å². The molecule has 6 heteroatoms. The highest BCUT2D eigenvalue weighted by Crippen LogP contribution is 2.11. The van der Waals surface area contributed by atoms with Crippen LogP contribution >= 0.6 is 0 Å². The topological polar surface area (TPSA) is 72.2 Å². The first-order chi connectivity index (χ1) is 7.15. The minimum Gasteiger partial charge on any atom is -0.394 e. The molecule has 1 heterocycles. The van der Waals surface area contributed by atoms with Crippen molar-refractivity contribution in [3.63, 3.8) is 0 Å². The molecule has 0 spiro atoms. The number of nitrogens with zero attached hydrogens (tertiary/aromatic N) is 3. The average molecular weight is 214 g/mol. The number of ether oxygens (including phenoxy) is 1. The van der Waals surface area contributed by atoms with Gasteiger partial charge >= 0.3 is 0 Å². The maximum Gasteiger partial charge on any atom is 0.0847 e. The predicted octanol–water partition coefficient (Wildman–Crippen LogP) is -1.05. The second kappa shape index (κ2) is 5.20. The molecule has 0 amide bonds. The van der Waals surface area contributed by atoms with Crippen LogP contribution in [0.25, 0.3) is 0 Å². The smallest absolute Gasteiger partial charge is 0.0847 e. The lowest BCUT2D eigenvalue weighted by Gasteiger charge is -2.29. The molecule has 6 nitrogen and oxygen atoms in total. The van der Waals surface area contributed by atoms with Crippen LogP contribution in [0.1, 0.15) is 5.69 Å². The van der Waals surface area contributed by atoms with Gasteiger partial charge in [-0.1, -0.05) is 5.21 Å².